The van der Waals surface area contributed by atoms with E-state index in [1.54, 1.807) is 48.5 Å². The van der Waals surface area contributed by atoms with Crippen LogP contribution in [0.25, 0.3) is 22.4 Å². The molecule has 0 aliphatic carbocycles. The number of benzene rings is 1. The van der Waals surface area contributed by atoms with Crippen LogP contribution in [0, 0.1) is 0 Å². The number of hydrogen-bond acceptors (Lipinski definition) is 2. The highest BCUT2D eigenvalue weighted by Crippen LogP contribution is 2.35. The molecule has 2 heterocycles. The van der Waals surface area contributed by atoms with Crippen LogP contribution in [-0.4, -0.2) is 14.8 Å². The van der Waals surface area contributed by atoms with Gasteiger partial charge in [0.05, 0.1) is 5.56 Å². The zero-order valence-corrected chi connectivity index (χ0v) is 11.7. The number of pyridine rings is 1. The molecule has 0 atom stereocenters. The Morgan fingerprint density at radius 1 is 1.00 bits per heavy atom. The van der Waals surface area contributed by atoms with Gasteiger partial charge in [-0.25, -0.2) is 0 Å². The van der Waals surface area contributed by atoms with Crippen molar-refractivity contribution in [2.75, 3.05) is 0 Å². The molecule has 0 aliphatic heterocycles. The van der Waals surface area contributed by atoms with E-state index < -0.39 is 11.7 Å². The van der Waals surface area contributed by atoms with Crippen LogP contribution in [0.4, 0.5) is 13.2 Å². The quantitative estimate of drug-likeness (QED) is 0.711. The fourth-order valence-electron chi connectivity index (χ4n) is 2.29. The van der Waals surface area contributed by atoms with Gasteiger partial charge in [-0.15, -0.1) is 0 Å². The summed E-state index contributed by atoms with van der Waals surface area (Å²) >= 11 is 0. The third kappa shape index (κ3) is 2.72. The molecule has 6 heteroatoms. The summed E-state index contributed by atoms with van der Waals surface area (Å²) in [6.07, 6.45) is 0.684. The predicted molar refractivity (Wildman–Crippen MR) is 76.9 cm³/mol. The molecule has 0 unspecified atom stereocenters. The first-order valence-corrected chi connectivity index (χ1v) is 6.57. The number of aromatic nitrogens is 3. The fourth-order valence-corrected chi connectivity index (χ4v) is 2.29. The fraction of sp³-hybridized carbons (Fsp3) is 0.125. The highest BCUT2D eigenvalue weighted by Gasteiger charge is 2.30. The molecule has 3 nitrogen and oxygen atoms in total. The zero-order valence-electron chi connectivity index (χ0n) is 11.7. The van der Waals surface area contributed by atoms with Crippen molar-refractivity contribution in [3.8, 4) is 22.4 Å². The summed E-state index contributed by atoms with van der Waals surface area (Å²) in [6, 6.07) is 8.79. The number of halogens is 3. The minimum Gasteiger partial charge on any atom is -0.275 e. The van der Waals surface area contributed by atoms with Gasteiger partial charge >= 0.3 is 6.18 Å². The summed E-state index contributed by atoms with van der Waals surface area (Å²) in [5, 5.41) is 4.31. The second kappa shape index (κ2) is 5.29. The van der Waals surface area contributed by atoms with Gasteiger partial charge in [0.2, 0.25) is 0 Å². The van der Waals surface area contributed by atoms with Crippen LogP contribution in [0.1, 0.15) is 5.56 Å². The molecule has 22 heavy (non-hydrogen) atoms. The molecule has 0 amide bonds. The molecule has 0 spiro atoms. The minimum absolute atomic E-state index is 0.433. The van der Waals surface area contributed by atoms with E-state index in [1.165, 1.54) is 6.07 Å². The largest absolute Gasteiger partial charge is 0.416 e. The van der Waals surface area contributed by atoms with Crippen molar-refractivity contribution in [2.45, 2.75) is 6.18 Å². The lowest BCUT2D eigenvalue weighted by molar-refractivity contribution is -0.137. The second-order valence-corrected chi connectivity index (χ2v) is 4.88. The van der Waals surface area contributed by atoms with E-state index in [0.29, 0.717) is 11.3 Å². The van der Waals surface area contributed by atoms with Crippen molar-refractivity contribution in [1.29, 1.82) is 0 Å². The topological polar surface area (TPSA) is 30.7 Å². The molecule has 0 saturated carbocycles. The van der Waals surface area contributed by atoms with Gasteiger partial charge in [0, 0.05) is 36.8 Å². The van der Waals surface area contributed by atoms with Gasteiger partial charge < -0.3 is 0 Å². The van der Waals surface area contributed by atoms with Gasteiger partial charge in [0.25, 0.3) is 0 Å². The van der Waals surface area contributed by atoms with E-state index in [4.69, 9.17) is 0 Å². The van der Waals surface area contributed by atoms with Gasteiger partial charge in [-0.3, -0.25) is 9.67 Å². The molecule has 0 aliphatic rings. The van der Waals surface area contributed by atoms with Gasteiger partial charge in [0.15, 0.2) is 0 Å². The van der Waals surface area contributed by atoms with E-state index in [-0.39, 0.29) is 0 Å². The summed E-state index contributed by atoms with van der Waals surface area (Å²) in [6.45, 7) is 0. The van der Waals surface area contributed by atoms with Crippen LogP contribution in [0.2, 0.25) is 0 Å². The Balaban J connectivity index is 2.14. The van der Waals surface area contributed by atoms with Gasteiger partial charge in [-0.05, 0) is 29.8 Å². The number of nitrogens with zero attached hydrogens (tertiary/aromatic N) is 3. The molecular weight excluding hydrogens is 291 g/mol. The Morgan fingerprint density at radius 2 is 1.73 bits per heavy atom. The average Bonchev–Trinajstić information content (AvgIpc) is 2.89. The van der Waals surface area contributed by atoms with Crippen LogP contribution in [0.3, 0.4) is 0 Å². The predicted octanol–water partition coefficient (Wildman–Crippen LogP) is 4.17. The van der Waals surface area contributed by atoms with E-state index in [2.05, 4.69) is 10.1 Å². The highest BCUT2D eigenvalue weighted by atomic mass is 19.4. The first-order chi connectivity index (χ1) is 10.4. The van der Waals surface area contributed by atoms with Crippen molar-refractivity contribution < 1.29 is 13.2 Å². The van der Waals surface area contributed by atoms with Crippen LogP contribution in [-0.2, 0) is 13.2 Å². The molecule has 3 aromatic rings. The Morgan fingerprint density at radius 3 is 2.41 bits per heavy atom. The summed E-state index contributed by atoms with van der Waals surface area (Å²) in [5.74, 6) is 0. The molecule has 0 bridgehead atoms. The molecular formula is C16H12F3N3. The highest BCUT2D eigenvalue weighted by molar-refractivity contribution is 5.80. The summed E-state index contributed by atoms with van der Waals surface area (Å²) < 4.78 is 40.2. The van der Waals surface area contributed by atoms with Crippen molar-refractivity contribution in [2.24, 2.45) is 7.05 Å². The summed E-state index contributed by atoms with van der Waals surface area (Å²) in [5.41, 5.74) is 1.89. The Labute approximate surface area is 125 Å². The Hall–Kier alpha value is -2.63. The Bertz CT molecular complexity index is 792. The lowest BCUT2D eigenvalue weighted by atomic mass is 10.0. The van der Waals surface area contributed by atoms with Crippen LogP contribution in [0.15, 0.2) is 55.0 Å². The molecule has 0 radical (unpaired) electrons. The van der Waals surface area contributed by atoms with Crippen molar-refractivity contribution >= 4 is 0 Å². The van der Waals surface area contributed by atoms with Crippen molar-refractivity contribution in [3.05, 3.63) is 60.6 Å². The van der Waals surface area contributed by atoms with Crippen LogP contribution in [0.5, 0.6) is 0 Å². The third-order valence-electron chi connectivity index (χ3n) is 3.28. The van der Waals surface area contributed by atoms with Gasteiger partial charge in [0.1, 0.15) is 5.69 Å². The summed E-state index contributed by atoms with van der Waals surface area (Å²) in [4.78, 5) is 3.95. The average molecular weight is 303 g/mol. The monoisotopic (exact) mass is 303 g/mol. The molecule has 0 fully saturated rings. The first-order valence-electron chi connectivity index (χ1n) is 6.57. The van der Waals surface area contributed by atoms with Crippen LogP contribution < -0.4 is 0 Å². The van der Waals surface area contributed by atoms with E-state index in [1.807, 2.05) is 0 Å². The third-order valence-corrected chi connectivity index (χ3v) is 3.28. The molecule has 1 aromatic carbocycles. The number of hydrogen-bond donors (Lipinski definition) is 0. The smallest absolute Gasteiger partial charge is 0.275 e. The molecule has 2 aromatic heterocycles. The zero-order chi connectivity index (χ0) is 15.7. The van der Waals surface area contributed by atoms with Gasteiger partial charge in [-0.1, -0.05) is 12.1 Å². The number of rotatable bonds is 2. The maximum absolute atomic E-state index is 12.9. The van der Waals surface area contributed by atoms with E-state index >= 15 is 0 Å². The Kier molecular flexibility index (Phi) is 3.44. The molecule has 0 saturated heterocycles. The lowest BCUT2D eigenvalue weighted by Crippen LogP contribution is -2.04. The second-order valence-electron chi connectivity index (χ2n) is 4.88. The molecule has 3 rings (SSSR count). The minimum atomic E-state index is -4.37. The number of aryl methyl sites for hydroxylation is 1. The number of alkyl halides is 3. The lowest BCUT2D eigenvalue weighted by Gasteiger charge is -2.08. The van der Waals surface area contributed by atoms with E-state index in [0.717, 1.165) is 23.3 Å². The van der Waals surface area contributed by atoms with Crippen molar-refractivity contribution in [1.82, 2.24) is 14.8 Å². The SMILES string of the molecule is Cn1cc(-c2ccncc2)c(-c2cccc(C(F)(F)F)c2)n1. The maximum atomic E-state index is 12.9. The van der Waals surface area contributed by atoms with Crippen molar-refractivity contribution in [3.63, 3.8) is 0 Å². The van der Waals surface area contributed by atoms with Gasteiger partial charge in [-0.2, -0.15) is 18.3 Å². The molecule has 0 N–H and O–H groups in total. The normalized spacial score (nSPS) is 11.6. The van der Waals surface area contributed by atoms with E-state index in [9.17, 15) is 13.2 Å². The summed E-state index contributed by atoms with van der Waals surface area (Å²) in [7, 11) is 1.74. The maximum Gasteiger partial charge on any atom is 0.416 e. The molecule has 112 valence electrons. The van der Waals surface area contributed by atoms with Crippen LogP contribution >= 0.6 is 0 Å². The standard InChI is InChI=1S/C16H12F3N3/c1-22-10-14(11-5-7-20-8-6-11)15(21-22)12-3-2-4-13(9-12)16(17,18)19/h2-10H,1H3. The first kappa shape index (κ1) is 14.3.